The number of aliphatic hydroxyl groups is 1. The summed E-state index contributed by atoms with van der Waals surface area (Å²) in [6, 6.07) is 0.572. The van der Waals surface area contributed by atoms with Gasteiger partial charge in [0.25, 0.3) is 0 Å². The molecule has 0 saturated carbocycles. The van der Waals surface area contributed by atoms with Crippen molar-refractivity contribution >= 4 is 0 Å². The molecule has 4 unspecified atom stereocenters. The molecule has 0 amide bonds. The first kappa shape index (κ1) is 15.3. The predicted molar refractivity (Wildman–Crippen MR) is 78.1 cm³/mol. The van der Waals surface area contributed by atoms with Gasteiger partial charge in [-0.2, -0.15) is 0 Å². The highest BCUT2D eigenvalue weighted by Crippen LogP contribution is 2.33. The Bertz CT molecular complexity index is 269. The fourth-order valence-corrected chi connectivity index (χ4v) is 3.90. The van der Waals surface area contributed by atoms with Crippen LogP contribution < -0.4 is 0 Å². The summed E-state index contributed by atoms with van der Waals surface area (Å²) in [5.74, 6) is 2.27. The van der Waals surface area contributed by atoms with Crippen molar-refractivity contribution in [2.24, 2.45) is 17.8 Å². The first-order valence-corrected chi connectivity index (χ1v) is 8.07. The van der Waals surface area contributed by atoms with E-state index in [2.05, 4.69) is 25.7 Å². The Balaban J connectivity index is 1.87. The fourth-order valence-electron chi connectivity index (χ4n) is 3.90. The maximum atomic E-state index is 9.81. The number of hydrogen-bond acceptors (Lipinski definition) is 3. The molecular weight excluding hydrogens is 238 g/mol. The molecule has 2 aliphatic heterocycles. The van der Waals surface area contributed by atoms with Gasteiger partial charge in [0.1, 0.15) is 0 Å². The van der Waals surface area contributed by atoms with Crippen LogP contribution in [0.25, 0.3) is 0 Å². The molecule has 2 heterocycles. The van der Waals surface area contributed by atoms with Gasteiger partial charge < -0.3 is 9.84 Å². The van der Waals surface area contributed by atoms with E-state index in [0.29, 0.717) is 12.0 Å². The van der Waals surface area contributed by atoms with E-state index in [1.54, 1.807) is 0 Å². The van der Waals surface area contributed by atoms with Crippen LogP contribution in [0.1, 0.15) is 46.5 Å². The van der Waals surface area contributed by atoms with Crippen molar-refractivity contribution in [3.63, 3.8) is 0 Å². The molecule has 2 aliphatic rings. The van der Waals surface area contributed by atoms with Crippen molar-refractivity contribution in [1.82, 2.24) is 4.90 Å². The van der Waals surface area contributed by atoms with Crippen LogP contribution in [0.15, 0.2) is 0 Å². The van der Waals surface area contributed by atoms with Gasteiger partial charge in [0.2, 0.25) is 0 Å². The van der Waals surface area contributed by atoms with Gasteiger partial charge in [0, 0.05) is 25.8 Å². The monoisotopic (exact) mass is 269 g/mol. The van der Waals surface area contributed by atoms with Gasteiger partial charge >= 0.3 is 0 Å². The lowest BCUT2D eigenvalue weighted by Gasteiger charge is -2.40. The molecule has 0 radical (unpaired) electrons. The van der Waals surface area contributed by atoms with E-state index in [1.165, 1.54) is 12.8 Å². The van der Waals surface area contributed by atoms with Crippen LogP contribution >= 0.6 is 0 Å². The van der Waals surface area contributed by atoms with Crippen LogP contribution in [0.5, 0.6) is 0 Å². The standard InChI is InChI=1S/C16H31NO2/c1-12(2)16-6-8-19-11-14(16)9-13(3)17-7-4-5-15(18)10-17/h12-16,18H,4-11H2,1-3H3. The smallest absolute Gasteiger partial charge is 0.0667 e. The lowest BCUT2D eigenvalue weighted by molar-refractivity contribution is -0.0201. The quantitative estimate of drug-likeness (QED) is 0.851. The Morgan fingerprint density at radius 3 is 2.74 bits per heavy atom. The molecule has 0 aliphatic carbocycles. The Hall–Kier alpha value is -0.120. The van der Waals surface area contributed by atoms with E-state index in [4.69, 9.17) is 4.74 Å². The second kappa shape index (κ2) is 7.05. The summed E-state index contributed by atoms with van der Waals surface area (Å²) in [6.45, 7) is 10.9. The third-order valence-corrected chi connectivity index (χ3v) is 5.08. The SMILES string of the molecule is CC(C)C1CCOCC1CC(C)N1CCCC(O)C1. The Kier molecular flexibility index (Phi) is 5.67. The number of rotatable bonds is 4. The molecule has 2 fully saturated rings. The zero-order valence-corrected chi connectivity index (χ0v) is 12.8. The van der Waals surface area contributed by atoms with Crippen LogP contribution in [0, 0.1) is 17.8 Å². The van der Waals surface area contributed by atoms with Crippen molar-refractivity contribution in [3.05, 3.63) is 0 Å². The molecule has 1 N–H and O–H groups in total. The van der Waals surface area contributed by atoms with Crippen molar-refractivity contribution < 1.29 is 9.84 Å². The number of hydrogen-bond donors (Lipinski definition) is 1. The summed E-state index contributed by atoms with van der Waals surface area (Å²) < 4.78 is 5.70. The predicted octanol–water partition coefficient (Wildman–Crippen LogP) is 2.53. The summed E-state index contributed by atoms with van der Waals surface area (Å²) in [5.41, 5.74) is 0. The van der Waals surface area contributed by atoms with Gasteiger partial charge in [-0.15, -0.1) is 0 Å². The van der Waals surface area contributed by atoms with E-state index in [0.717, 1.165) is 51.0 Å². The lowest BCUT2D eigenvalue weighted by atomic mass is 9.77. The summed E-state index contributed by atoms with van der Waals surface area (Å²) in [4.78, 5) is 2.47. The van der Waals surface area contributed by atoms with Gasteiger partial charge in [0.05, 0.1) is 6.10 Å². The van der Waals surface area contributed by atoms with Crippen LogP contribution in [0.2, 0.25) is 0 Å². The van der Waals surface area contributed by atoms with Crippen molar-refractivity contribution in [3.8, 4) is 0 Å². The molecule has 0 bridgehead atoms. The zero-order chi connectivity index (χ0) is 13.8. The van der Waals surface area contributed by atoms with Crippen LogP contribution in [-0.4, -0.2) is 48.5 Å². The zero-order valence-electron chi connectivity index (χ0n) is 12.8. The number of aliphatic hydroxyl groups excluding tert-OH is 1. The van der Waals surface area contributed by atoms with E-state index >= 15 is 0 Å². The molecule has 0 aromatic heterocycles. The van der Waals surface area contributed by atoms with Crippen LogP contribution in [0.3, 0.4) is 0 Å². The second-order valence-corrected chi connectivity index (χ2v) is 6.91. The van der Waals surface area contributed by atoms with Gasteiger partial charge in [0.15, 0.2) is 0 Å². The Labute approximate surface area is 118 Å². The highest BCUT2D eigenvalue weighted by molar-refractivity contribution is 4.83. The maximum absolute atomic E-state index is 9.81. The normalized spacial score (nSPS) is 35.5. The Morgan fingerprint density at radius 2 is 2.05 bits per heavy atom. The molecular formula is C16H31NO2. The van der Waals surface area contributed by atoms with E-state index in [1.807, 2.05) is 0 Å². The van der Waals surface area contributed by atoms with Crippen LogP contribution in [0.4, 0.5) is 0 Å². The molecule has 112 valence electrons. The van der Waals surface area contributed by atoms with Gasteiger partial charge in [-0.3, -0.25) is 4.90 Å². The maximum Gasteiger partial charge on any atom is 0.0667 e. The summed E-state index contributed by atoms with van der Waals surface area (Å²) in [6.07, 6.45) is 4.44. The molecule has 19 heavy (non-hydrogen) atoms. The first-order valence-electron chi connectivity index (χ1n) is 8.07. The second-order valence-electron chi connectivity index (χ2n) is 6.91. The third kappa shape index (κ3) is 4.17. The average molecular weight is 269 g/mol. The molecule has 2 rings (SSSR count). The number of β-amino-alcohol motifs (C(OH)–C–C–N with tert-alkyl or cyclic N) is 1. The number of piperidine rings is 1. The van der Waals surface area contributed by atoms with Crippen molar-refractivity contribution in [2.75, 3.05) is 26.3 Å². The number of likely N-dealkylation sites (tertiary alicyclic amines) is 1. The first-order chi connectivity index (χ1) is 9.08. The molecule has 0 aromatic carbocycles. The van der Waals surface area contributed by atoms with Gasteiger partial charge in [-0.05, 0) is 56.9 Å². The molecule has 3 heteroatoms. The molecule has 0 aromatic rings. The fraction of sp³-hybridized carbons (Fsp3) is 1.00. The van der Waals surface area contributed by atoms with E-state index in [-0.39, 0.29) is 6.10 Å². The molecule has 2 saturated heterocycles. The minimum Gasteiger partial charge on any atom is -0.392 e. The largest absolute Gasteiger partial charge is 0.392 e. The highest BCUT2D eigenvalue weighted by Gasteiger charge is 2.31. The van der Waals surface area contributed by atoms with Crippen molar-refractivity contribution in [2.45, 2.75) is 58.6 Å². The number of ether oxygens (including phenoxy) is 1. The summed E-state index contributed by atoms with van der Waals surface area (Å²) in [5, 5.41) is 9.81. The summed E-state index contributed by atoms with van der Waals surface area (Å²) >= 11 is 0. The average Bonchev–Trinajstić information content (AvgIpc) is 2.39. The number of nitrogens with zero attached hydrogens (tertiary/aromatic N) is 1. The molecule has 4 atom stereocenters. The summed E-state index contributed by atoms with van der Waals surface area (Å²) in [7, 11) is 0. The highest BCUT2D eigenvalue weighted by atomic mass is 16.5. The lowest BCUT2D eigenvalue weighted by Crippen LogP contribution is -2.45. The van der Waals surface area contributed by atoms with E-state index in [9.17, 15) is 5.11 Å². The molecule has 3 nitrogen and oxygen atoms in total. The minimum absolute atomic E-state index is 0.111. The third-order valence-electron chi connectivity index (χ3n) is 5.08. The Morgan fingerprint density at radius 1 is 1.26 bits per heavy atom. The van der Waals surface area contributed by atoms with Crippen molar-refractivity contribution in [1.29, 1.82) is 0 Å². The van der Waals surface area contributed by atoms with E-state index < -0.39 is 0 Å². The van der Waals surface area contributed by atoms with Gasteiger partial charge in [-0.25, -0.2) is 0 Å². The molecule has 0 spiro atoms. The minimum atomic E-state index is -0.111. The van der Waals surface area contributed by atoms with Gasteiger partial charge in [-0.1, -0.05) is 13.8 Å². The topological polar surface area (TPSA) is 32.7 Å². The van der Waals surface area contributed by atoms with Crippen LogP contribution in [-0.2, 0) is 4.74 Å².